The van der Waals surface area contributed by atoms with Gasteiger partial charge in [-0.2, -0.15) is 0 Å². The molecular formula is C35H35N7O3. The van der Waals surface area contributed by atoms with Gasteiger partial charge in [-0.15, -0.1) is 0 Å². The van der Waals surface area contributed by atoms with E-state index in [9.17, 15) is 9.59 Å². The van der Waals surface area contributed by atoms with E-state index in [1.807, 2.05) is 41.3 Å². The quantitative estimate of drug-likeness (QED) is 0.289. The number of benzene rings is 2. The van der Waals surface area contributed by atoms with Gasteiger partial charge in [-0.3, -0.25) is 9.59 Å². The molecule has 3 aromatic heterocycles. The van der Waals surface area contributed by atoms with Gasteiger partial charge < -0.3 is 29.8 Å². The second-order valence-corrected chi connectivity index (χ2v) is 13.0. The highest BCUT2D eigenvalue weighted by atomic mass is 16.5. The molecule has 9 rings (SSSR count). The number of nitrogens with one attached hydrogen (secondary N) is 1. The van der Waals surface area contributed by atoms with E-state index in [2.05, 4.69) is 9.88 Å². The van der Waals surface area contributed by atoms with E-state index < -0.39 is 6.98 Å². The highest BCUT2D eigenvalue weighted by Crippen LogP contribution is 2.40. The molecule has 2 aliphatic carbocycles. The van der Waals surface area contributed by atoms with Gasteiger partial charge in [0.05, 0.1) is 30.4 Å². The number of amides is 2. The van der Waals surface area contributed by atoms with Crippen LogP contribution >= 0.6 is 0 Å². The third-order valence-corrected chi connectivity index (χ3v) is 10.2. The van der Waals surface area contributed by atoms with E-state index in [1.54, 1.807) is 12.1 Å². The molecule has 2 unspecified atom stereocenters. The fraction of sp³-hybridized carbons (Fsp3) is 0.371. The van der Waals surface area contributed by atoms with Gasteiger partial charge in [0.15, 0.2) is 5.82 Å². The zero-order chi connectivity index (χ0) is 33.1. The zero-order valence-corrected chi connectivity index (χ0v) is 24.9. The van der Waals surface area contributed by atoms with Crippen molar-refractivity contribution >= 4 is 39.6 Å². The molecule has 0 spiro atoms. The van der Waals surface area contributed by atoms with Gasteiger partial charge in [-0.1, -0.05) is 6.07 Å². The first-order valence-electron chi connectivity index (χ1n) is 17.2. The van der Waals surface area contributed by atoms with Crippen molar-refractivity contribution in [3.63, 3.8) is 0 Å². The Morgan fingerprint density at radius 1 is 1.11 bits per heavy atom. The lowest BCUT2D eigenvalue weighted by atomic mass is 10.1. The summed E-state index contributed by atoms with van der Waals surface area (Å²) in [7, 11) is 1.48. The fourth-order valence-corrected chi connectivity index (χ4v) is 7.68. The minimum atomic E-state index is -2.60. The minimum Gasteiger partial charge on any atom is -0.494 e. The topological polar surface area (TPSA) is 120 Å². The SMILES string of the molecule is [2H]C([2H])([2H])n1c(-c2cc3ccc(-c4ccc5c(c4)CC(=O)N5)nc3n2CC2CC2)nc2cc(C(=O)N3CC4CCC3[C@@H]4N)cc(OC)c21. The average molecular weight is 605 g/mol. The van der Waals surface area contributed by atoms with Crippen LogP contribution in [0.2, 0.25) is 0 Å². The first kappa shape index (κ1) is 23.7. The summed E-state index contributed by atoms with van der Waals surface area (Å²) >= 11 is 0. The number of hydrogen-bond acceptors (Lipinski definition) is 6. The van der Waals surface area contributed by atoms with Gasteiger partial charge in [-0.25, -0.2) is 9.97 Å². The maximum atomic E-state index is 13.8. The Balaban J connectivity index is 1.19. The van der Waals surface area contributed by atoms with E-state index >= 15 is 0 Å². The predicted octanol–water partition coefficient (Wildman–Crippen LogP) is 4.73. The Morgan fingerprint density at radius 3 is 2.76 bits per heavy atom. The van der Waals surface area contributed by atoms with Crippen molar-refractivity contribution in [2.24, 2.45) is 24.5 Å². The number of aryl methyl sites for hydroxylation is 1. The Labute approximate surface area is 264 Å². The molecule has 228 valence electrons. The Kier molecular flexibility index (Phi) is 5.07. The number of hydrogen-bond donors (Lipinski definition) is 2. The molecule has 2 saturated carbocycles. The molecule has 2 bridgehead atoms. The lowest BCUT2D eigenvalue weighted by molar-refractivity contribution is -0.115. The summed E-state index contributed by atoms with van der Waals surface area (Å²) in [4.78, 5) is 37.7. The molecule has 3 fully saturated rings. The molecule has 10 nitrogen and oxygen atoms in total. The zero-order valence-electron chi connectivity index (χ0n) is 27.9. The Morgan fingerprint density at radius 2 is 2.00 bits per heavy atom. The minimum absolute atomic E-state index is 0.00571. The van der Waals surface area contributed by atoms with Crippen LogP contribution in [0.15, 0.2) is 48.5 Å². The highest BCUT2D eigenvalue weighted by Gasteiger charge is 2.47. The summed E-state index contributed by atoms with van der Waals surface area (Å²) < 4.78 is 35.0. The van der Waals surface area contributed by atoms with Crippen LogP contribution < -0.4 is 15.8 Å². The smallest absolute Gasteiger partial charge is 0.254 e. The van der Waals surface area contributed by atoms with Gasteiger partial charge in [0.25, 0.3) is 5.91 Å². The lowest BCUT2D eigenvalue weighted by Gasteiger charge is -2.27. The maximum Gasteiger partial charge on any atom is 0.254 e. The molecule has 5 heterocycles. The number of anilines is 1. The van der Waals surface area contributed by atoms with Crippen molar-refractivity contribution in [2.75, 3.05) is 19.0 Å². The number of aromatic nitrogens is 4. The van der Waals surface area contributed by atoms with Gasteiger partial charge in [0.1, 0.15) is 16.9 Å². The normalized spacial score (nSPS) is 23.3. The molecule has 2 amide bonds. The standard InChI is InChI=1S/C35H35N7O3/c1-40-32-26(12-23(14-29(32)45-2)35(44)42-17-21-7-10-27(42)31(21)36)39-34(40)28-13-20-6-9-24(38-33(20)41(28)16-18-3-4-18)19-5-8-25-22(11-19)15-30(43)37-25/h5-6,8-9,11-14,18,21,27,31H,3-4,7,10,15-17,36H2,1-2H3,(H,37,43)/t21?,27?,31-/m1/s1/i1D3. The van der Waals surface area contributed by atoms with Crippen molar-refractivity contribution in [3.05, 3.63) is 59.7 Å². The molecule has 1 saturated heterocycles. The Bertz CT molecular complexity index is 2180. The van der Waals surface area contributed by atoms with E-state index in [0.29, 0.717) is 53.6 Å². The number of nitrogens with two attached hydrogens (primary N) is 1. The molecule has 10 heteroatoms. The number of carbonyl (C=O) groups excluding carboxylic acids is 2. The van der Waals surface area contributed by atoms with Gasteiger partial charge in [-0.05, 0) is 85.5 Å². The van der Waals surface area contributed by atoms with Crippen molar-refractivity contribution in [2.45, 2.75) is 50.7 Å². The summed E-state index contributed by atoms with van der Waals surface area (Å²) in [5.41, 5.74) is 12.3. The van der Waals surface area contributed by atoms with Crippen LogP contribution in [0, 0.1) is 11.8 Å². The maximum absolute atomic E-state index is 13.8. The molecule has 2 aromatic carbocycles. The van der Waals surface area contributed by atoms with Gasteiger partial charge >= 0.3 is 0 Å². The summed E-state index contributed by atoms with van der Waals surface area (Å²) in [5, 5.41) is 3.74. The van der Waals surface area contributed by atoms with Crippen molar-refractivity contribution in [1.82, 2.24) is 24.0 Å². The number of fused-ring (bicyclic) bond motifs is 5. The third kappa shape index (κ3) is 4.11. The largest absolute Gasteiger partial charge is 0.494 e. The number of piperidine rings is 1. The molecule has 3 N–H and O–H groups in total. The van der Waals surface area contributed by atoms with Crippen LogP contribution in [-0.2, 0) is 24.7 Å². The average Bonchev–Trinajstić information content (AvgIpc) is 3.33. The summed E-state index contributed by atoms with van der Waals surface area (Å²) in [6.45, 7) is -1.31. The highest BCUT2D eigenvalue weighted by molar-refractivity contribution is 6.01. The molecule has 2 aliphatic heterocycles. The number of methoxy groups -OCH3 is 1. The van der Waals surface area contributed by atoms with Crippen LogP contribution in [0.4, 0.5) is 5.69 Å². The van der Waals surface area contributed by atoms with Crippen LogP contribution in [0.5, 0.6) is 5.75 Å². The summed E-state index contributed by atoms with van der Waals surface area (Å²) in [6.07, 6.45) is 4.42. The van der Waals surface area contributed by atoms with Crippen LogP contribution in [-0.4, -0.2) is 61.6 Å². The number of carbonyl (C=O) groups is 2. The monoisotopic (exact) mass is 604 g/mol. The number of imidazole rings is 1. The van der Waals surface area contributed by atoms with Crippen LogP contribution in [0.1, 0.15) is 45.7 Å². The summed E-state index contributed by atoms with van der Waals surface area (Å²) in [5.74, 6) is 1.12. The van der Waals surface area contributed by atoms with Crippen molar-refractivity contribution in [3.8, 4) is 28.5 Å². The van der Waals surface area contributed by atoms with Crippen LogP contribution in [0.3, 0.4) is 0 Å². The van der Waals surface area contributed by atoms with E-state index in [1.165, 1.54) is 11.7 Å². The first-order chi connectivity index (χ1) is 23.1. The number of pyridine rings is 1. The fourth-order valence-electron chi connectivity index (χ4n) is 7.68. The molecule has 45 heavy (non-hydrogen) atoms. The third-order valence-electron chi connectivity index (χ3n) is 10.2. The first-order valence-corrected chi connectivity index (χ1v) is 15.7. The molecular weight excluding hydrogens is 566 g/mol. The number of nitrogens with zero attached hydrogens (tertiary/aromatic N) is 5. The molecule has 0 radical (unpaired) electrons. The van der Waals surface area contributed by atoms with E-state index in [4.69, 9.17) is 24.6 Å². The van der Waals surface area contributed by atoms with Gasteiger partial charge in [0.2, 0.25) is 5.91 Å². The molecule has 4 aliphatic rings. The molecule has 5 aromatic rings. The summed E-state index contributed by atoms with van der Waals surface area (Å²) in [6, 6.07) is 15.0. The predicted molar refractivity (Wildman–Crippen MR) is 172 cm³/mol. The van der Waals surface area contributed by atoms with Crippen molar-refractivity contribution in [1.29, 1.82) is 0 Å². The Hall–Kier alpha value is -4.70. The number of rotatable bonds is 6. The van der Waals surface area contributed by atoms with Gasteiger partial charge in [0, 0.05) is 58.5 Å². The van der Waals surface area contributed by atoms with E-state index in [-0.39, 0.29) is 35.5 Å². The van der Waals surface area contributed by atoms with Crippen LogP contribution in [0.25, 0.3) is 44.8 Å². The van der Waals surface area contributed by atoms with E-state index in [0.717, 1.165) is 59.2 Å². The second kappa shape index (κ2) is 9.65. The molecule has 3 atom stereocenters. The number of ether oxygens (including phenoxy) is 1. The number of likely N-dealkylation sites (tertiary alicyclic amines) is 1. The lowest BCUT2D eigenvalue weighted by Crippen LogP contribution is -2.41. The second-order valence-electron chi connectivity index (χ2n) is 13.0. The van der Waals surface area contributed by atoms with Crippen molar-refractivity contribution < 1.29 is 18.4 Å².